The lowest BCUT2D eigenvalue weighted by Crippen LogP contribution is -2.39. The molecule has 50 heavy (non-hydrogen) atoms. The lowest BCUT2D eigenvalue weighted by Gasteiger charge is -2.32. The summed E-state index contributed by atoms with van der Waals surface area (Å²) in [6, 6.07) is 10.0. The molecule has 14 heteroatoms. The third-order valence-corrected chi connectivity index (χ3v) is 9.59. The number of hydrogen-bond acceptors (Lipinski definition) is 7. The number of nitrogens with two attached hydrogens (primary N) is 1. The number of aryl methyl sites for hydroxylation is 1. The molecule has 4 aromatic rings. The number of nitrogens with one attached hydrogen (secondary N) is 4. The van der Waals surface area contributed by atoms with Crippen LogP contribution in [0, 0.1) is 17.1 Å². The van der Waals surface area contributed by atoms with Gasteiger partial charge in [-0.1, -0.05) is 12.5 Å². The monoisotopic (exact) mass is 697 g/mol. The number of methoxy groups -OCH3 is 1. The fourth-order valence-electron chi connectivity index (χ4n) is 6.88. The van der Waals surface area contributed by atoms with Crippen molar-refractivity contribution < 1.29 is 27.0 Å². The third-order valence-electron chi connectivity index (χ3n) is 9.59. The molecule has 2 aliphatic rings. The summed E-state index contributed by atoms with van der Waals surface area (Å²) in [5.41, 5.74) is 7.73. The number of ether oxygens (including phenoxy) is 2. The number of aromatic amines is 1. The van der Waals surface area contributed by atoms with Gasteiger partial charge >= 0.3 is 12.1 Å². The molecule has 2 aromatic carbocycles. The maximum atomic E-state index is 15.6. The topological polar surface area (TPSA) is 143 Å². The molecule has 6 N–H and O–H groups in total. The Morgan fingerprint density at radius 3 is 2.68 bits per heavy atom. The smallest absolute Gasteiger partial charge is 0.496 e. The number of amidine groups is 1. The molecule has 0 unspecified atom stereocenters. The number of alkyl halides is 3. The van der Waals surface area contributed by atoms with Gasteiger partial charge in [-0.3, -0.25) is 9.98 Å². The Kier molecular flexibility index (Phi) is 10.5. The van der Waals surface area contributed by atoms with Crippen LogP contribution in [-0.2, 0) is 6.42 Å². The van der Waals surface area contributed by atoms with Gasteiger partial charge in [0, 0.05) is 53.4 Å². The number of nitrogens with zero attached hydrogens (tertiary/aromatic N) is 2. The highest BCUT2D eigenvalue weighted by Crippen LogP contribution is 2.37. The first-order valence-electron chi connectivity index (χ1n) is 17.1. The molecule has 3 heterocycles. The SMILES string of the molecule is COc1cc(-n2cc3cc(-c4cc(CCC[C@@H](N)C5CC5)cc(OC(F)(F)F)c4F)[nH]c3nc2=O)ccc1[C@@H]1CCC[C@@H](CCNC(C)=N)N1. The number of H-pyrrole nitrogens is 1. The molecule has 6 rings (SSSR count). The van der Waals surface area contributed by atoms with Gasteiger partial charge in [-0.25, -0.2) is 9.18 Å². The Morgan fingerprint density at radius 2 is 1.96 bits per heavy atom. The molecule has 0 bridgehead atoms. The average molecular weight is 698 g/mol. The molecule has 1 saturated heterocycles. The van der Waals surface area contributed by atoms with E-state index >= 15 is 4.39 Å². The molecule has 2 aromatic heterocycles. The van der Waals surface area contributed by atoms with Crippen molar-refractivity contribution >= 4 is 16.9 Å². The molecule has 268 valence electrons. The highest BCUT2D eigenvalue weighted by atomic mass is 19.4. The summed E-state index contributed by atoms with van der Waals surface area (Å²) in [6.07, 6.45) is 4.26. The second kappa shape index (κ2) is 14.8. The Labute approximate surface area is 287 Å². The molecule has 1 saturated carbocycles. The summed E-state index contributed by atoms with van der Waals surface area (Å²) in [4.78, 5) is 20.3. The van der Waals surface area contributed by atoms with Gasteiger partial charge in [-0.2, -0.15) is 4.98 Å². The van der Waals surface area contributed by atoms with E-state index < -0.39 is 23.6 Å². The largest absolute Gasteiger partial charge is 0.573 e. The van der Waals surface area contributed by atoms with Crippen molar-refractivity contribution in [2.24, 2.45) is 11.7 Å². The van der Waals surface area contributed by atoms with Crippen LogP contribution in [-0.4, -0.2) is 52.5 Å². The highest BCUT2D eigenvalue weighted by Gasteiger charge is 2.34. The average Bonchev–Trinajstić information content (AvgIpc) is 3.84. The van der Waals surface area contributed by atoms with Crippen molar-refractivity contribution in [1.29, 1.82) is 5.41 Å². The van der Waals surface area contributed by atoms with Crippen molar-refractivity contribution in [3.8, 4) is 28.4 Å². The van der Waals surface area contributed by atoms with Crippen molar-refractivity contribution in [3.05, 3.63) is 70.0 Å². The van der Waals surface area contributed by atoms with Gasteiger partial charge in [-0.05, 0) is 94.0 Å². The number of aromatic nitrogens is 3. The van der Waals surface area contributed by atoms with E-state index in [9.17, 15) is 18.0 Å². The van der Waals surface area contributed by atoms with Gasteiger partial charge in [0.2, 0.25) is 0 Å². The molecular formula is C36H43F4N7O3. The minimum atomic E-state index is -5.08. The first-order chi connectivity index (χ1) is 23.9. The van der Waals surface area contributed by atoms with E-state index in [-0.39, 0.29) is 35.0 Å². The van der Waals surface area contributed by atoms with Crippen LogP contribution in [0.5, 0.6) is 11.5 Å². The van der Waals surface area contributed by atoms with Crippen LogP contribution < -0.4 is 31.5 Å². The first-order valence-corrected chi connectivity index (χ1v) is 17.1. The Hall–Kier alpha value is -4.43. The van der Waals surface area contributed by atoms with E-state index in [1.165, 1.54) is 10.6 Å². The quantitative estimate of drug-likeness (QED) is 0.0599. The minimum Gasteiger partial charge on any atom is -0.496 e. The van der Waals surface area contributed by atoms with Crippen LogP contribution >= 0.6 is 0 Å². The summed E-state index contributed by atoms with van der Waals surface area (Å²) < 4.78 is 66.5. The van der Waals surface area contributed by atoms with Crippen LogP contribution in [0.1, 0.15) is 75.5 Å². The zero-order chi connectivity index (χ0) is 35.6. The lowest BCUT2D eigenvalue weighted by atomic mass is 9.91. The van der Waals surface area contributed by atoms with Gasteiger partial charge in [-0.15, -0.1) is 13.2 Å². The molecule has 0 amide bonds. The van der Waals surface area contributed by atoms with Crippen molar-refractivity contribution in [1.82, 2.24) is 25.2 Å². The van der Waals surface area contributed by atoms with E-state index in [0.29, 0.717) is 59.9 Å². The fraction of sp³-hybridized carbons (Fsp3) is 0.472. The molecule has 2 fully saturated rings. The molecule has 3 atom stereocenters. The number of benzene rings is 2. The zero-order valence-corrected chi connectivity index (χ0v) is 28.1. The van der Waals surface area contributed by atoms with Crippen LogP contribution in [0.25, 0.3) is 28.0 Å². The molecule has 1 aliphatic carbocycles. The summed E-state index contributed by atoms with van der Waals surface area (Å²) in [7, 11) is 1.57. The number of hydrogen-bond donors (Lipinski definition) is 5. The predicted molar refractivity (Wildman–Crippen MR) is 183 cm³/mol. The Bertz CT molecular complexity index is 1900. The number of halogens is 4. The Morgan fingerprint density at radius 1 is 1.16 bits per heavy atom. The highest BCUT2D eigenvalue weighted by molar-refractivity contribution is 5.83. The molecular weight excluding hydrogens is 654 g/mol. The van der Waals surface area contributed by atoms with Crippen molar-refractivity contribution in [2.45, 2.75) is 89.2 Å². The standard InChI is InChI=1S/C36H43F4N7O3/c1-20(41)43-14-13-24-6-4-8-29(44-24)26-12-11-25(18-31(26)49-2)47-19-23-17-30(45-34(23)46-35(47)48)27-15-21(5-3-7-28(42)22-9-10-22)16-32(33(27)37)50-36(38,39)40/h11-12,15-19,22,24,28-29,44H,3-10,13-14,42H2,1-2H3,(H2,41,43)(H,45,46,48)/t24-,28+,29-/m0/s1. The first kappa shape index (κ1) is 35.4. The zero-order valence-electron chi connectivity index (χ0n) is 28.1. The van der Waals surface area contributed by atoms with Crippen LogP contribution in [0.3, 0.4) is 0 Å². The fourth-order valence-corrected chi connectivity index (χ4v) is 6.88. The Balaban J connectivity index is 1.27. The van der Waals surface area contributed by atoms with Gasteiger partial charge in [0.05, 0.1) is 24.3 Å². The number of piperidine rings is 1. The molecule has 0 spiro atoms. The van der Waals surface area contributed by atoms with Gasteiger partial charge < -0.3 is 30.8 Å². The molecule has 0 radical (unpaired) electrons. The number of rotatable bonds is 13. The van der Waals surface area contributed by atoms with Crippen molar-refractivity contribution in [3.63, 3.8) is 0 Å². The molecule has 1 aliphatic heterocycles. The molecule has 10 nitrogen and oxygen atoms in total. The lowest BCUT2D eigenvalue weighted by molar-refractivity contribution is -0.275. The maximum absolute atomic E-state index is 15.6. The normalized spacial score (nSPS) is 18.6. The van der Waals surface area contributed by atoms with E-state index in [1.807, 2.05) is 12.1 Å². The van der Waals surface area contributed by atoms with E-state index in [2.05, 4.69) is 25.3 Å². The van der Waals surface area contributed by atoms with E-state index in [0.717, 1.165) is 50.2 Å². The van der Waals surface area contributed by atoms with E-state index in [4.69, 9.17) is 15.9 Å². The summed E-state index contributed by atoms with van der Waals surface area (Å²) in [5, 5.41) is 14.8. The minimum absolute atomic E-state index is 0.0388. The maximum Gasteiger partial charge on any atom is 0.573 e. The third kappa shape index (κ3) is 8.47. The van der Waals surface area contributed by atoms with Gasteiger partial charge in [0.15, 0.2) is 11.6 Å². The summed E-state index contributed by atoms with van der Waals surface area (Å²) >= 11 is 0. The second-order valence-corrected chi connectivity index (χ2v) is 13.4. The number of fused-ring (bicyclic) bond motifs is 1. The van der Waals surface area contributed by atoms with Gasteiger partial charge in [0.25, 0.3) is 0 Å². The van der Waals surface area contributed by atoms with Crippen LogP contribution in [0.4, 0.5) is 17.6 Å². The summed E-state index contributed by atoms with van der Waals surface area (Å²) in [6.45, 7) is 2.43. The van der Waals surface area contributed by atoms with Crippen LogP contribution in [0.15, 0.2) is 47.4 Å². The predicted octanol–water partition coefficient (Wildman–Crippen LogP) is 6.65. The van der Waals surface area contributed by atoms with Crippen LogP contribution in [0.2, 0.25) is 0 Å². The van der Waals surface area contributed by atoms with E-state index in [1.54, 1.807) is 32.4 Å². The van der Waals surface area contributed by atoms with Gasteiger partial charge in [0.1, 0.15) is 11.4 Å². The second-order valence-electron chi connectivity index (χ2n) is 13.4. The van der Waals surface area contributed by atoms with Crippen molar-refractivity contribution in [2.75, 3.05) is 13.7 Å². The summed E-state index contributed by atoms with van der Waals surface area (Å²) in [5.74, 6) is -0.568.